The van der Waals surface area contributed by atoms with E-state index in [-0.39, 0.29) is 11.9 Å². The maximum Gasteiger partial charge on any atom is 0.251 e. The number of nitrogens with zero attached hydrogens (tertiary/aromatic N) is 2. The van der Waals surface area contributed by atoms with E-state index in [2.05, 4.69) is 15.5 Å². The van der Waals surface area contributed by atoms with Crippen molar-refractivity contribution >= 4 is 5.91 Å². The van der Waals surface area contributed by atoms with E-state index in [1.54, 1.807) is 19.2 Å². The van der Waals surface area contributed by atoms with Crippen molar-refractivity contribution in [3.8, 4) is 28.7 Å². The zero-order chi connectivity index (χ0) is 21.6. The fourth-order valence-electron chi connectivity index (χ4n) is 3.30. The molecular weight excluding hydrogens is 390 g/mol. The van der Waals surface area contributed by atoms with Crippen LogP contribution in [0.5, 0.6) is 5.75 Å². The lowest BCUT2D eigenvalue weighted by Gasteiger charge is -2.18. The Bertz CT molecular complexity index is 1140. The van der Waals surface area contributed by atoms with Crippen LogP contribution in [0, 0.1) is 0 Å². The lowest BCUT2D eigenvalue weighted by molar-refractivity contribution is 0.0935. The summed E-state index contributed by atoms with van der Waals surface area (Å²) in [6.45, 7) is 2.04. The van der Waals surface area contributed by atoms with Crippen LogP contribution in [-0.2, 0) is 0 Å². The Morgan fingerprint density at radius 1 is 0.903 bits per heavy atom. The van der Waals surface area contributed by atoms with Crippen molar-refractivity contribution in [3.63, 3.8) is 0 Å². The third-order valence-electron chi connectivity index (χ3n) is 5.07. The Morgan fingerprint density at radius 2 is 1.52 bits per heavy atom. The number of carbonyl (C=O) groups excluding carboxylic acids is 1. The van der Waals surface area contributed by atoms with Crippen molar-refractivity contribution in [1.82, 2.24) is 15.5 Å². The third kappa shape index (κ3) is 4.64. The van der Waals surface area contributed by atoms with Gasteiger partial charge in [-0.15, -0.1) is 10.2 Å². The molecule has 4 rings (SSSR count). The lowest BCUT2D eigenvalue weighted by atomic mass is 10.0. The predicted octanol–water partition coefficient (Wildman–Crippen LogP) is 5.29. The average Bonchev–Trinajstić information content (AvgIpc) is 3.33. The molecule has 6 heteroatoms. The summed E-state index contributed by atoms with van der Waals surface area (Å²) >= 11 is 0. The van der Waals surface area contributed by atoms with Crippen LogP contribution in [0.3, 0.4) is 0 Å². The van der Waals surface area contributed by atoms with Crippen molar-refractivity contribution in [1.29, 1.82) is 0 Å². The average molecular weight is 413 g/mol. The molecule has 1 amide bonds. The van der Waals surface area contributed by atoms with Crippen molar-refractivity contribution < 1.29 is 13.9 Å². The molecule has 0 radical (unpaired) electrons. The molecule has 0 aliphatic heterocycles. The summed E-state index contributed by atoms with van der Waals surface area (Å²) in [4.78, 5) is 12.8. The van der Waals surface area contributed by atoms with E-state index in [1.807, 2.05) is 73.7 Å². The van der Waals surface area contributed by atoms with Gasteiger partial charge in [-0.3, -0.25) is 4.79 Å². The summed E-state index contributed by atoms with van der Waals surface area (Å²) in [6.07, 6.45) is 0.778. The van der Waals surface area contributed by atoms with Crippen LogP contribution in [0.2, 0.25) is 0 Å². The molecule has 156 valence electrons. The monoisotopic (exact) mass is 413 g/mol. The van der Waals surface area contributed by atoms with Crippen molar-refractivity contribution in [2.45, 2.75) is 19.4 Å². The van der Waals surface area contributed by atoms with Gasteiger partial charge < -0.3 is 14.5 Å². The number of amides is 1. The first kappa shape index (κ1) is 20.3. The summed E-state index contributed by atoms with van der Waals surface area (Å²) in [7, 11) is 1.63. The molecule has 0 saturated carbocycles. The van der Waals surface area contributed by atoms with Gasteiger partial charge in [-0.1, -0.05) is 37.3 Å². The number of hydrogen-bond acceptors (Lipinski definition) is 5. The quantitative estimate of drug-likeness (QED) is 0.445. The SMILES string of the molecule is CCC(NC(=O)c1ccc(-c2nnc(-c3ccccc3)o2)cc1)c1ccc(OC)cc1. The second kappa shape index (κ2) is 9.26. The molecule has 1 aromatic heterocycles. The minimum absolute atomic E-state index is 0.0811. The number of nitrogens with one attached hydrogen (secondary N) is 1. The molecule has 1 N–H and O–H groups in total. The highest BCUT2D eigenvalue weighted by Gasteiger charge is 2.15. The number of rotatable bonds is 7. The maximum atomic E-state index is 12.8. The Kier molecular flexibility index (Phi) is 6.08. The molecule has 0 spiro atoms. The first-order valence-electron chi connectivity index (χ1n) is 10.1. The van der Waals surface area contributed by atoms with Crippen LogP contribution < -0.4 is 10.1 Å². The molecule has 0 bridgehead atoms. The molecule has 1 unspecified atom stereocenters. The lowest BCUT2D eigenvalue weighted by Crippen LogP contribution is -2.28. The highest BCUT2D eigenvalue weighted by molar-refractivity contribution is 5.94. The summed E-state index contributed by atoms with van der Waals surface area (Å²) in [5.41, 5.74) is 3.22. The second-order valence-electron chi connectivity index (χ2n) is 7.06. The molecule has 0 fully saturated rings. The Hall–Kier alpha value is -3.93. The number of benzene rings is 3. The Labute approximate surface area is 180 Å². The molecule has 0 saturated heterocycles. The maximum absolute atomic E-state index is 12.8. The van der Waals surface area contributed by atoms with Gasteiger partial charge in [0.15, 0.2) is 0 Å². The molecule has 31 heavy (non-hydrogen) atoms. The molecule has 6 nitrogen and oxygen atoms in total. The van der Waals surface area contributed by atoms with E-state index in [0.717, 1.165) is 28.9 Å². The topological polar surface area (TPSA) is 77.3 Å². The van der Waals surface area contributed by atoms with Gasteiger partial charge in [-0.25, -0.2) is 0 Å². The van der Waals surface area contributed by atoms with Gasteiger partial charge in [0.2, 0.25) is 11.8 Å². The van der Waals surface area contributed by atoms with Gasteiger partial charge in [-0.05, 0) is 60.5 Å². The van der Waals surface area contributed by atoms with E-state index in [9.17, 15) is 4.79 Å². The Morgan fingerprint density at radius 3 is 2.10 bits per heavy atom. The van der Waals surface area contributed by atoms with Gasteiger partial charge >= 0.3 is 0 Å². The fraction of sp³-hybridized carbons (Fsp3) is 0.160. The molecule has 4 aromatic rings. The van der Waals surface area contributed by atoms with E-state index in [1.165, 1.54) is 0 Å². The smallest absolute Gasteiger partial charge is 0.251 e. The normalized spacial score (nSPS) is 11.7. The molecule has 0 aliphatic rings. The molecular formula is C25H23N3O3. The highest BCUT2D eigenvalue weighted by Crippen LogP contribution is 2.25. The number of carbonyl (C=O) groups is 1. The van der Waals surface area contributed by atoms with Crippen molar-refractivity contribution in [2.24, 2.45) is 0 Å². The summed E-state index contributed by atoms with van der Waals surface area (Å²) in [6, 6.07) is 24.4. The van der Waals surface area contributed by atoms with Crippen molar-refractivity contribution in [2.75, 3.05) is 7.11 Å². The van der Waals surface area contributed by atoms with Gasteiger partial charge in [-0.2, -0.15) is 0 Å². The Balaban J connectivity index is 1.46. The first-order chi connectivity index (χ1) is 15.2. The zero-order valence-electron chi connectivity index (χ0n) is 17.4. The van der Waals surface area contributed by atoms with Crippen molar-refractivity contribution in [3.05, 3.63) is 90.0 Å². The molecule has 0 aliphatic carbocycles. The van der Waals surface area contributed by atoms with Crippen LogP contribution in [0.25, 0.3) is 22.9 Å². The molecule has 1 heterocycles. The summed E-state index contributed by atoms with van der Waals surface area (Å²) < 4.78 is 11.0. The summed E-state index contributed by atoms with van der Waals surface area (Å²) in [5.74, 6) is 1.53. The standard InChI is InChI=1S/C25H23N3O3/c1-3-22(17-13-15-21(30-2)16-14-17)26-23(29)18-9-11-20(12-10-18)25-28-27-24(31-25)19-7-5-4-6-8-19/h4-16,22H,3H2,1-2H3,(H,26,29). The van der Waals surface area contributed by atoms with E-state index in [4.69, 9.17) is 9.15 Å². The van der Waals surface area contributed by atoms with Crippen LogP contribution >= 0.6 is 0 Å². The first-order valence-corrected chi connectivity index (χ1v) is 10.1. The van der Waals surface area contributed by atoms with E-state index in [0.29, 0.717) is 17.3 Å². The minimum Gasteiger partial charge on any atom is -0.497 e. The molecule has 3 aromatic carbocycles. The highest BCUT2D eigenvalue weighted by atomic mass is 16.5. The second-order valence-corrected chi connectivity index (χ2v) is 7.06. The molecule has 1 atom stereocenters. The number of methoxy groups -OCH3 is 1. The third-order valence-corrected chi connectivity index (χ3v) is 5.07. The number of ether oxygens (including phenoxy) is 1. The zero-order valence-corrected chi connectivity index (χ0v) is 17.4. The predicted molar refractivity (Wildman–Crippen MR) is 119 cm³/mol. The van der Waals surface area contributed by atoms with Crippen LogP contribution in [0.4, 0.5) is 0 Å². The van der Waals surface area contributed by atoms with Crippen LogP contribution in [-0.4, -0.2) is 23.2 Å². The summed E-state index contributed by atoms with van der Waals surface area (Å²) in [5, 5.41) is 11.3. The fourth-order valence-corrected chi connectivity index (χ4v) is 3.30. The van der Waals surface area contributed by atoms with Gasteiger partial charge in [0.25, 0.3) is 5.91 Å². The minimum atomic E-state index is -0.135. The van der Waals surface area contributed by atoms with Gasteiger partial charge in [0.05, 0.1) is 13.2 Å². The van der Waals surface area contributed by atoms with E-state index < -0.39 is 0 Å². The largest absolute Gasteiger partial charge is 0.497 e. The van der Waals surface area contributed by atoms with Gasteiger partial charge in [0, 0.05) is 16.7 Å². The number of hydrogen-bond donors (Lipinski definition) is 1. The van der Waals surface area contributed by atoms with Crippen LogP contribution in [0.1, 0.15) is 35.3 Å². The van der Waals surface area contributed by atoms with Gasteiger partial charge in [0.1, 0.15) is 5.75 Å². The van der Waals surface area contributed by atoms with Crippen LogP contribution in [0.15, 0.2) is 83.3 Å². The number of aromatic nitrogens is 2. The van der Waals surface area contributed by atoms with E-state index >= 15 is 0 Å².